The number of Topliss-reactive ketones (excluding diaryl/α,β-unsaturated/α-hetero) is 1. The molecule has 0 saturated heterocycles. The molecular weight excluding hydrogens is 326 g/mol. The Kier molecular flexibility index (Phi) is 5.21. The van der Waals surface area contributed by atoms with Crippen molar-refractivity contribution in [2.24, 2.45) is 0 Å². The maximum absolute atomic E-state index is 12.9. The summed E-state index contributed by atoms with van der Waals surface area (Å²) in [6, 6.07) is 17.2. The number of fused-ring (bicyclic) bond motifs is 1. The highest BCUT2D eigenvalue weighted by Crippen LogP contribution is 2.25. The van der Waals surface area contributed by atoms with E-state index in [1.165, 1.54) is 0 Å². The molecule has 0 unspecified atom stereocenters. The number of para-hydroxylation sites is 1. The number of carbonyl (C=O) groups is 2. The SMILES string of the molecule is CC[C@H](C(=O)O[C@@H](C)C(=O)c1c(C)[nH]c2ccccc12)c1ccccc1. The molecule has 1 heterocycles. The average Bonchev–Trinajstić information content (AvgIpc) is 2.98. The molecule has 0 saturated carbocycles. The molecule has 2 aromatic carbocycles. The third-order valence-corrected chi connectivity index (χ3v) is 4.70. The van der Waals surface area contributed by atoms with Crippen molar-refractivity contribution >= 4 is 22.7 Å². The molecule has 0 bridgehead atoms. The monoisotopic (exact) mass is 349 g/mol. The van der Waals surface area contributed by atoms with Gasteiger partial charge in [0, 0.05) is 22.2 Å². The Balaban J connectivity index is 1.80. The third-order valence-electron chi connectivity index (χ3n) is 4.70. The van der Waals surface area contributed by atoms with Crippen LogP contribution in [0, 0.1) is 6.92 Å². The first-order valence-electron chi connectivity index (χ1n) is 8.89. The van der Waals surface area contributed by atoms with Crippen LogP contribution in [0.3, 0.4) is 0 Å². The molecule has 0 fully saturated rings. The van der Waals surface area contributed by atoms with Gasteiger partial charge in [-0.3, -0.25) is 9.59 Å². The van der Waals surface area contributed by atoms with E-state index in [0.29, 0.717) is 12.0 Å². The van der Waals surface area contributed by atoms with Crippen LogP contribution in [0.25, 0.3) is 10.9 Å². The zero-order valence-corrected chi connectivity index (χ0v) is 15.3. The van der Waals surface area contributed by atoms with Crippen molar-refractivity contribution in [2.75, 3.05) is 0 Å². The van der Waals surface area contributed by atoms with Crippen LogP contribution < -0.4 is 0 Å². The minimum absolute atomic E-state index is 0.184. The van der Waals surface area contributed by atoms with E-state index >= 15 is 0 Å². The van der Waals surface area contributed by atoms with Crippen LogP contribution >= 0.6 is 0 Å². The van der Waals surface area contributed by atoms with E-state index in [1.54, 1.807) is 6.92 Å². The zero-order chi connectivity index (χ0) is 18.7. The molecule has 0 radical (unpaired) electrons. The van der Waals surface area contributed by atoms with Gasteiger partial charge in [0.1, 0.15) is 0 Å². The van der Waals surface area contributed by atoms with E-state index < -0.39 is 6.10 Å². The molecule has 3 rings (SSSR count). The molecule has 0 aliphatic heterocycles. The summed E-state index contributed by atoms with van der Waals surface area (Å²) in [6.07, 6.45) is -0.214. The summed E-state index contributed by atoms with van der Waals surface area (Å²) in [6.45, 7) is 5.44. The molecule has 3 aromatic rings. The standard InChI is InChI=1S/C22H23NO3/c1-4-17(16-10-6-5-7-11-16)22(25)26-15(3)21(24)20-14(2)23-19-13-9-8-12-18(19)20/h5-13,15,17,23H,4H2,1-3H3/t15-,17-/m0/s1. The zero-order valence-electron chi connectivity index (χ0n) is 15.3. The van der Waals surface area contributed by atoms with E-state index in [-0.39, 0.29) is 17.7 Å². The van der Waals surface area contributed by atoms with Gasteiger partial charge in [-0.25, -0.2) is 0 Å². The van der Waals surface area contributed by atoms with Crippen LogP contribution in [0.1, 0.15) is 47.8 Å². The number of H-pyrrole nitrogens is 1. The molecule has 1 aromatic heterocycles. The smallest absolute Gasteiger partial charge is 0.314 e. The molecule has 0 aliphatic carbocycles. The minimum atomic E-state index is -0.835. The topological polar surface area (TPSA) is 59.2 Å². The van der Waals surface area contributed by atoms with E-state index in [4.69, 9.17) is 4.74 Å². The molecule has 26 heavy (non-hydrogen) atoms. The van der Waals surface area contributed by atoms with Crippen LogP contribution in [-0.4, -0.2) is 22.8 Å². The first-order chi connectivity index (χ1) is 12.5. The lowest BCUT2D eigenvalue weighted by Crippen LogP contribution is -2.27. The predicted octanol–water partition coefficient (Wildman–Crippen LogP) is 4.78. The number of aromatic amines is 1. The summed E-state index contributed by atoms with van der Waals surface area (Å²) in [7, 11) is 0. The van der Waals surface area contributed by atoms with Gasteiger partial charge in [-0.2, -0.15) is 0 Å². The second kappa shape index (κ2) is 7.56. The Morgan fingerprint density at radius 1 is 1.04 bits per heavy atom. The van der Waals surface area contributed by atoms with Gasteiger partial charge < -0.3 is 9.72 Å². The molecule has 4 heteroatoms. The Bertz CT molecular complexity index is 927. The number of carbonyl (C=O) groups excluding carboxylic acids is 2. The van der Waals surface area contributed by atoms with Crippen LogP contribution in [0.4, 0.5) is 0 Å². The average molecular weight is 349 g/mol. The van der Waals surface area contributed by atoms with Crippen LogP contribution in [0.5, 0.6) is 0 Å². The van der Waals surface area contributed by atoms with Crippen molar-refractivity contribution in [3.63, 3.8) is 0 Å². The number of rotatable bonds is 6. The fraction of sp³-hybridized carbons (Fsp3) is 0.273. The quantitative estimate of drug-likeness (QED) is 0.514. The van der Waals surface area contributed by atoms with Crippen molar-refractivity contribution in [2.45, 2.75) is 39.2 Å². The lowest BCUT2D eigenvalue weighted by Gasteiger charge is -2.18. The maximum Gasteiger partial charge on any atom is 0.314 e. The number of ether oxygens (including phenoxy) is 1. The van der Waals surface area contributed by atoms with Gasteiger partial charge in [0.15, 0.2) is 6.10 Å². The molecule has 0 amide bonds. The summed E-state index contributed by atoms with van der Waals surface area (Å²) in [5.74, 6) is -0.913. The van der Waals surface area contributed by atoms with Gasteiger partial charge >= 0.3 is 5.97 Å². The number of esters is 1. The summed E-state index contributed by atoms with van der Waals surface area (Å²) >= 11 is 0. The molecular formula is C22H23NO3. The van der Waals surface area contributed by atoms with Gasteiger partial charge in [0.25, 0.3) is 0 Å². The first-order valence-corrected chi connectivity index (χ1v) is 8.89. The van der Waals surface area contributed by atoms with Gasteiger partial charge in [-0.1, -0.05) is 55.5 Å². The summed E-state index contributed by atoms with van der Waals surface area (Å²) in [4.78, 5) is 28.8. The number of hydrogen-bond acceptors (Lipinski definition) is 3. The third kappa shape index (κ3) is 3.40. The van der Waals surface area contributed by atoms with E-state index in [2.05, 4.69) is 4.98 Å². The van der Waals surface area contributed by atoms with Crippen LogP contribution in [0.15, 0.2) is 54.6 Å². The number of aryl methyl sites for hydroxylation is 1. The van der Waals surface area contributed by atoms with Crippen molar-refractivity contribution in [3.05, 3.63) is 71.4 Å². The highest BCUT2D eigenvalue weighted by molar-refractivity contribution is 6.11. The van der Waals surface area contributed by atoms with Gasteiger partial charge in [-0.05, 0) is 31.9 Å². The first kappa shape index (κ1) is 17.9. The lowest BCUT2D eigenvalue weighted by molar-refractivity contribution is -0.148. The molecule has 1 N–H and O–H groups in total. The van der Waals surface area contributed by atoms with Gasteiger partial charge in [0.05, 0.1) is 5.92 Å². The molecule has 4 nitrogen and oxygen atoms in total. The molecule has 0 spiro atoms. The predicted molar refractivity (Wildman–Crippen MR) is 102 cm³/mol. The highest BCUT2D eigenvalue weighted by Gasteiger charge is 2.27. The Morgan fingerprint density at radius 2 is 1.69 bits per heavy atom. The fourth-order valence-corrected chi connectivity index (χ4v) is 3.33. The normalized spacial score (nSPS) is 13.3. The number of benzene rings is 2. The van der Waals surface area contributed by atoms with Gasteiger partial charge in [-0.15, -0.1) is 0 Å². The summed E-state index contributed by atoms with van der Waals surface area (Å²) in [5, 5.41) is 0.855. The maximum atomic E-state index is 12.9. The van der Waals surface area contributed by atoms with Gasteiger partial charge in [0.2, 0.25) is 5.78 Å². The van der Waals surface area contributed by atoms with E-state index in [1.807, 2.05) is 68.4 Å². The van der Waals surface area contributed by atoms with Crippen LogP contribution in [-0.2, 0) is 9.53 Å². The van der Waals surface area contributed by atoms with E-state index in [9.17, 15) is 9.59 Å². The van der Waals surface area contributed by atoms with Crippen molar-refractivity contribution in [1.82, 2.24) is 4.98 Å². The Morgan fingerprint density at radius 3 is 2.38 bits per heavy atom. The summed E-state index contributed by atoms with van der Waals surface area (Å²) in [5.41, 5.74) is 3.19. The summed E-state index contributed by atoms with van der Waals surface area (Å²) < 4.78 is 5.54. The Hall–Kier alpha value is -2.88. The van der Waals surface area contributed by atoms with Crippen molar-refractivity contribution in [1.29, 1.82) is 0 Å². The minimum Gasteiger partial charge on any atom is -0.454 e. The number of nitrogens with one attached hydrogen (secondary N) is 1. The van der Waals surface area contributed by atoms with Crippen LogP contribution in [0.2, 0.25) is 0 Å². The number of aromatic nitrogens is 1. The number of hydrogen-bond donors (Lipinski definition) is 1. The molecule has 134 valence electrons. The molecule has 0 aliphatic rings. The highest BCUT2D eigenvalue weighted by atomic mass is 16.5. The second-order valence-electron chi connectivity index (χ2n) is 6.49. The van der Waals surface area contributed by atoms with Crippen molar-refractivity contribution in [3.8, 4) is 0 Å². The van der Waals surface area contributed by atoms with E-state index in [0.717, 1.165) is 22.2 Å². The fourth-order valence-electron chi connectivity index (χ4n) is 3.33. The number of ketones is 1. The largest absolute Gasteiger partial charge is 0.454 e. The van der Waals surface area contributed by atoms with Crippen molar-refractivity contribution < 1.29 is 14.3 Å². The Labute approximate surface area is 153 Å². The molecule has 2 atom stereocenters. The lowest BCUT2D eigenvalue weighted by atomic mass is 9.96. The second-order valence-corrected chi connectivity index (χ2v) is 6.49.